The van der Waals surface area contributed by atoms with Gasteiger partial charge in [0.15, 0.2) is 5.82 Å². The maximum absolute atomic E-state index is 11.4. The van der Waals surface area contributed by atoms with Gasteiger partial charge in [-0.15, -0.1) is 0 Å². The maximum atomic E-state index is 11.4. The van der Waals surface area contributed by atoms with Crippen LogP contribution >= 0.6 is 0 Å². The molecule has 0 unspecified atom stereocenters. The zero-order chi connectivity index (χ0) is 54.6. The van der Waals surface area contributed by atoms with Crippen LogP contribution in [-0.4, -0.2) is 28.2 Å². The Morgan fingerprint density at radius 2 is 0.671 bits per heavy atom. The van der Waals surface area contributed by atoms with E-state index in [1.807, 2.05) is 91.0 Å². The summed E-state index contributed by atoms with van der Waals surface area (Å²) in [6.07, 6.45) is 0. The minimum atomic E-state index is 0.215. The van der Waals surface area contributed by atoms with Gasteiger partial charge in [-0.2, -0.15) is 15.8 Å². The van der Waals surface area contributed by atoms with Gasteiger partial charge < -0.3 is 18.3 Å². The van der Waals surface area contributed by atoms with Gasteiger partial charge in [0.05, 0.1) is 78.0 Å². The summed E-state index contributed by atoms with van der Waals surface area (Å²) in [5.74, 6) is 0.397. The van der Waals surface area contributed by atoms with Crippen molar-refractivity contribution in [3.8, 4) is 74.9 Å². The Labute approximate surface area is 469 Å². The van der Waals surface area contributed by atoms with Crippen molar-refractivity contribution in [2.24, 2.45) is 0 Å². The van der Waals surface area contributed by atoms with E-state index >= 15 is 0 Å². The molecule has 0 amide bonds. The van der Waals surface area contributed by atoms with E-state index in [0.717, 1.165) is 104 Å². The zero-order valence-electron chi connectivity index (χ0n) is 43.7. The normalized spacial score (nSPS) is 11.6. The van der Waals surface area contributed by atoms with Crippen molar-refractivity contribution in [1.29, 1.82) is 15.8 Å². The van der Waals surface area contributed by atoms with E-state index in [1.54, 1.807) is 0 Å². The fourth-order valence-electron chi connectivity index (χ4n) is 12.9. The van der Waals surface area contributed by atoms with Gasteiger partial charge >= 0.3 is 0 Å². The molecule has 9 nitrogen and oxygen atoms in total. The van der Waals surface area contributed by atoms with Crippen LogP contribution in [0.25, 0.3) is 144 Å². The first-order valence-corrected chi connectivity index (χ1v) is 27.1. The van der Waals surface area contributed by atoms with E-state index in [-0.39, 0.29) is 5.56 Å². The first kappa shape index (κ1) is 46.3. The Hall–Kier alpha value is -11.8. The molecule has 11 aromatic carbocycles. The van der Waals surface area contributed by atoms with Crippen molar-refractivity contribution in [2.75, 3.05) is 0 Å². The topological polar surface area (TPSA) is 117 Å². The van der Waals surface area contributed by atoms with E-state index in [0.29, 0.717) is 50.8 Å². The summed E-state index contributed by atoms with van der Waals surface area (Å²) in [5.41, 5.74) is 15.3. The Kier molecular flexibility index (Phi) is 10.2. The summed E-state index contributed by atoms with van der Waals surface area (Å²) >= 11 is 0. The number of hydrogen-bond acceptors (Lipinski definition) is 5. The van der Waals surface area contributed by atoms with Crippen LogP contribution < -0.4 is 0 Å². The average molecular weight is 1040 g/mol. The summed E-state index contributed by atoms with van der Waals surface area (Å²) in [6, 6.07) is 92.1. The molecule has 0 radical (unpaired) electrons. The van der Waals surface area contributed by atoms with Crippen LogP contribution in [0, 0.1) is 34.0 Å². The van der Waals surface area contributed by atoms with Crippen LogP contribution in [0.1, 0.15) is 16.7 Å². The summed E-state index contributed by atoms with van der Waals surface area (Å²) in [6.45, 7) is 0. The standard InChI is InChI=1S/C73H41N9/c74-42-48-40-46(32-36-59(48)81-61-28-14-10-24-52(61)54-34-38-65-67(71(54)81)56-26-12-16-30-63(56)79(65)50-20-6-2-7-21-50)69-58(44-76)70(78-73(77-69)45-18-4-1-5-19-45)47-33-37-60(49(41-47)43-75)82-62-29-15-11-25-53(62)55-35-39-66-68(72(55)82)57-27-13-17-31-64(57)80(66)51-22-8-3-9-23-51/h1-41H. The van der Waals surface area contributed by atoms with E-state index in [9.17, 15) is 15.8 Å². The predicted molar refractivity (Wildman–Crippen MR) is 330 cm³/mol. The lowest BCUT2D eigenvalue weighted by molar-refractivity contribution is 1.15. The molecule has 0 N–H and O–H groups in total. The molecular formula is C73H41N9. The highest BCUT2D eigenvalue weighted by Crippen LogP contribution is 2.46. The second-order valence-electron chi connectivity index (χ2n) is 20.6. The molecule has 0 saturated carbocycles. The third-order valence-corrected chi connectivity index (χ3v) is 16.3. The van der Waals surface area contributed by atoms with Gasteiger partial charge in [0.25, 0.3) is 0 Å². The second-order valence-corrected chi connectivity index (χ2v) is 20.6. The van der Waals surface area contributed by atoms with E-state index in [4.69, 9.17) is 9.97 Å². The highest BCUT2D eigenvalue weighted by Gasteiger charge is 2.27. The average Bonchev–Trinajstić information content (AvgIpc) is 3.83. The van der Waals surface area contributed by atoms with Gasteiger partial charge in [-0.05, 0) is 84.9 Å². The van der Waals surface area contributed by atoms with Gasteiger partial charge in [0.1, 0.15) is 23.8 Å². The molecule has 5 heterocycles. The van der Waals surface area contributed by atoms with Gasteiger partial charge in [-0.3, -0.25) is 0 Å². The third kappa shape index (κ3) is 6.71. The van der Waals surface area contributed by atoms with E-state index in [1.165, 1.54) is 0 Å². The quantitative estimate of drug-likeness (QED) is 0.158. The number of para-hydroxylation sites is 6. The van der Waals surface area contributed by atoms with Gasteiger partial charge in [0, 0.05) is 71.2 Å². The molecule has 5 aromatic heterocycles. The molecule has 0 aliphatic rings. The molecule has 0 aliphatic carbocycles. The highest BCUT2D eigenvalue weighted by atomic mass is 15.0. The van der Waals surface area contributed by atoms with Crippen LogP contribution in [0.2, 0.25) is 0 Å². The highest BCUT2D eigenvalue weighted by molar-refractivity contribution is 6.27. The predicted octanol–water partition coefficient (Wildman–Crippen LogP) is 17.5. The molecule has 0 saturated heterocycles. The Balaban J connectivity index is 0.901. The van der Waals surface area contributed by atoms with E-state index in [2.05, 4.69) is 194 Å². The fourth-order valence-corrected chi connectivity index (χ4v) is 12.9. The molecule has 16 rings (SSSR count). The van der Waals surface area contributed by atoms with Crippen molar-refractivity contribution >= 4 is 87.2 Å². The molecule has 82 heavy (non-hydrogen) atoms. The number of fused-ring (bicyclic) bond motifs is 14. The number of benzene rings is 11. The summed E-state index contributed by atoms with van der Waals surface area (Å²) in [4.78, 5) is 10.3. The van der Waals surface area contributed by atoms with Crippen LogP contribution in [0.4, 0.5) is 0 Å². The molecule has 16 aromatic rings. The summed E-state index contributed by atoms with van der Waals surface area (Å²) in [7, 11) is 0. The van der Waals surface area contributed by atoms with E-state index < -0.39 is 0 Å². The lowest BCUT2D eigenvalue weighted by Gasteiger charge is -2.16. The molecule has 0 atom stereocenters. The van der Waals surface area contributed by atoms with Gasteiger partial charge in [0.2, 0.25) is 0 Å². The lowest BCUT2D eigenvalue weighted by Crippen LogP contribution is -2.04. The van der Waals surface area contributed by atoms with Gasteiger partial charge in [-0.25, -0.2) is 9.97 Å². The fraction of sp³-hybridized carbons (Fsp3) is 0. The van der Waals surface area contributed by atoms with Crippen molar-refractivity contribution < 1.29 is 0 Å². The van der Waals surface area contributed by atoms with Crippen molar-refractivity contribution in [3.05, 3.63) is 265 Å². The number of aromatic nitrogens is 6. The number of rotatable bonds is 7. The number of nitrogens with zero attached hydrogens (tertiary/aromatic N) is 9. The molecule has 0 bridgehead atoms. The van der Waals surface area contributed by atoms with Crippen LogP contribution in [0.15, 0.2) is 249 Å². The van der Waals surface area contributed by atoms with Crippen LogP contribution in [-0.2, 0) is 0 Å². The van der Waals surface area contributed by atoms with Gasteiger partial charge in [-0.1, -0.05) is 164 Å². The Morgan fingerprint density at radius 3 is 1.09 bits per heavy atom. The summed E-state index contributed by atoms with van der Waals surface area (Å²) in [5, 5.41) is 42.6. The molecule has 0 fully saturated rings. The number of nitriles is 3. The van der Waals surface area contributed by atoms with Crippen molar-refractivity contribution in [1.82, 2.24) is 28.2 Å². The SMILES string of the molecule is N#Cc1cc(-c2nc(-c3ccccc3)nc(-c3ccc(-n4c5ccccc5c5ccc6c(c7ccccc7n6-c6ccccc6)c54)c(C#N)c3)c2C#N)ccc1-n1c2ccccc2c2ccc3c(c4ccccc4n3-c3ccccc3)c21. The molecular weight excluding hydrogens is 1000 g/mol. The van der Waals surface area contributed by atoms with Crippen LogP contribution in [0.5, 0.6) is 0 Å². The van der Waals surface area contributed by atoms with Crippen molar-refractivity contribution in [2.45, 2.75) is 0 Å². The largest absolute Gasteiger partial charge is 0.309 e. The summed E-state index contributed by atoms with van der Waals surface area (Å²) < 4.78 is 9.06. The third-order valence-electron chi connectivity index (χ3n) is 16.3. The minimum Gasteiger partial charge on any atom is -0.309 e. The first-order valence-electron chi connectivity index (χ1n) is 27.1. The minimum absolute atomic E-state index is 0.215. The molecule has 0 spiro atoms. The first-order chi connectivity index (χ1) is 40.6. The second kappa shape index (κ2) is 18.1. The van der Waals surface area contributed by atoms with Crippen molar-refractivity contribution in [3.63, 3.8) is 0 Å². The molecule has 9 heteroatoms. The number of hydrogen-bond donors (Lipinski definition) is 0. The smallest absolute Gasteiger partial charge is 0.160 e. The zero-order valence-corrected chi connectivity index (χ0v) is 43.7. The lowest BCUT2D eigenvalue weighted by atomic mass is 9.97. The Morgan fingerprint density at radius 1 is 0.293 bits per heavy atom. The van der Waals surface area contributed by atoms with Crippen LogP contribution in [0.3, 0.4) is 0 Å². The Bertz CT molecular complexity index is 5170. The molecule has 0 aliphatic heterocycles. The monoisotopic (exact) mass is 1040 g/mol. The maximum Gasteiger partial charge on any atom is 0.160 e. The molecule has 378 valence electrons.